The fourth-order valence-electron chi connectivity index (χ4n) is 1.66. The molecule has 2 aromatic rings. The van der Waals surface area contributed by atoms with Crippen LogP contribution in [0.5, 0.6) is 0 Å². The largest absolute Gasteiger partial charge is 0.370 e. The molecule has 102 valence electrons. The standard InChI is InChI=1S/C12H19N7/c1-3-13-12-15-9-10(2)11(17-12)14-5-4-7-19-8-6-16-18-19/h6,8-9H,3-5,7H2,1-2H3,(H2,13,14,15,17). The third-order valence-electron chi connectivity index (χ3n) is 2.63. The molecule has 2 aromatic heterocycles. The highest BCUT2D eigenvalue weighted by Gasteiger charge is 2.02. The summed E-state index contributed by atoms with van der Waals surface area (Å²) in [6.07, 6.45) is 6.33. The van der Waals surface area contributed by atoms with Crippen molar-refractivity contribution in [3.8, 4) is 0 Å². The molecule has 19 heavy (non-hydrogen) atoms. The number of anilines is 2. The van der Waals surface area contributed by atoms with Crippen molar-refractivity contribution in [3.05, 3.63) is 24.2 Å². The summed E-state index contributed by atoms with van der Waals surface area (Å²) in [5.41, 5.74) is 1.04. The van der Waals surface area contributed by atoms with E-state index in [-0.39, 0.29) is 0 Å². The molecule has 7 heteroatoms. The van der Waals surface area contributed by atoms with Crippen LogP contribution in [-0.2, 0) is 6.54 Å². The van der Waals surface area contributed by atoms with E-state index in [0.717, 1.165) is 37.4 Å². The van der Waals surface area contributed by atoms with Crippen LogP contribution >= 0.6 is 0 Å². The summed E-state index contributed by atoms with van der Waals surface area (Å²) in [5, 5.41) is 14.1. The Balaban J connectivity index is 1.83. The van der Waals surface area contributed by atoms with Crippen LogP contribution in [0.2, 0.25) is 0 Å². The molecule has 0 spiro atoms. The van der Waals surface area contributed by atoms with Crippen molar-refractivity contribution in [2.45, 2.75) is 26.8 Å². The molecule has 7 nitrogen and oxygen atoms in total. The molecule has 0 aliphatic heterocycles. The van der Waals surface area contributed by atoms with Gasteiger partial charge in [0.1, 0.15) is 5.82 Å². The number of nitrogens with zero attached hydrogens (tertiary/aromatic N) is 5. The van der Waals surface area contributed by atoms with Crippen LogP contribution in [-0.4, -0.2) is 38.1 Å². The van der Waals surface area contributed by atoms with E-state index in [0.29, 0.717) is 5.95 Å². The van der Waals surface area contributed by atoms with Crippen molar-refractivity contribution in [3.63, 3.8) is 0 Å². The minimum absolute atomic E-state index is 0.659. The molecule has 0 amide bonds. The summed E-state index contributed by atoms with van der Waals surface area (Å²) in [4.78, 5) is 8.64. The molecule has 0 aromatic carbocycles. The Labute approximate surface area is 112 Å². The van der Waals surface area contributed by atoms with Gasteiger partial charge in [0, 0.05) is 37.6 Å². The SMILES string of the molecule is CCNc1ncc(C)c(NCCCn2ccnn2)n1. The lowest BCUT2D eigenvalue weighted by Gasteiger charge is -2.10. The summed E-state index contributed by atoms with van der Waals surface area (Å²) in [6.45, 7) is 6.51. The zero-order valence-electron chi connectivity index (χ0n) is 11.3. The number of rotatable bonds is 7. The van der Waals surface area contributed by atoms with Gasteiger partial charge in [0.05, 0.1) is 6.20 Å². The van der Waals surface area contributed by atoms with E-state index in [1.54, 1.807) is 6.20 Å². The van der Waals surface area contributed by atoms with Crippen molar-refractivity contribution >= 4 is 11.8 Å². The average molecular weight is 261 g/mol. The Morgan fingerprint density at radius 2 is 2.21 bits per heavy atom. The predicted molar refractivity (Wildman–Crippen MR) is 74.1 cm³/mol. The van der Waals surface area contributed by atoms with Crippen LogP contribution in [0.3, 0.4) is 0 Å². The lowest BCUT2D eigenvalue weighted by atomic mass is 10.3. The van der Waals surface area contributed by atoms with Crippen LogP contribution < -0.4 is 10.6 Å². The first-order valence-electron chi connectivity index (χ1n) is 6.45. The number of aromatic nitrogens is 5. The first-order valence-corrected chi connectivity index (χ1v) is 6.45. The Hall–Kier alpha value is -2.18. The number of aryl methyl sites for hydroxylation is 2. The number of hydrogen-bond donors (Lipinski definition) is 2. The van der Waals surface area contributed by atoms with Gasteiger partial charge in [0.2, 0.25) is 5.95 Å². The van der Waals surface area contributed by atoms with Gasteiger partial charge in [-0.1, -0.05) is 5.21 Å². The van der Waals surface area contributed by atoms with E-state index in [9.17, 15) is 0 Å². The summed E-state index contributed by atoms with van der Waals surface area (Å²) >= 11 is 0. The van der Waals surface area contributed by atoms with E-state index in [1.807, 2.05) is 30.9 Å². The third kappa shape index (κ3) is 3.90. The Morgan fingerprint density at radius 1 is 1.32 bits per heavy atom. The molecule has 0 saturated carbocycles. The zero-order valence-corrected chi connectivity index (χ0v) is 11.3. The van der Waals surface area contributed by atoms with E-state index in [1.165, 1.54) is 0 Å². The van der Waals surface area contributed by atoms with E-state index >= 15 is 0 Å². The second-order valence-electron chi connectivity index (χ2n) is 4.20. The van der Waals surface area contributed by atoms with Gasteiger partial charge in [-0.25, -0.2) is 4.98 Å². The lowest BCUT2D eigenvalue weighted by molar-refractivity contribution is 0.569. The minimum Gasteiger partial charge on any atom is -0.370 e. The quantitative estimate of drug-likeness (QED) is 0.731. The number of hydrogen-bond acceptors (Lipinski definition) is 6. The summed E-state index contributed by atoms with van der Waals surface area (Å²) in [5.74, 6) is 1.54. The second kappa shape index (κ2) is 6.67. The van der Waals surface area contributed by atoms with Gasteiger partial charge in [-0.15, -0.1) is 5.10 Å². The fourth-order valence-corrected chi connectivity index (χ4v) is 1.66. The van der Waals surface area contributed by atoms with Gasteiger partial charge in [-0.2, -0.15) is 4.98 Å². The molecule has 0 unspecified atom stereocenters. The Kier molecular flexibility index (Phi) is 4.66. The van der Waals surface area contributed by atoms with Crippen LogP contribution in [0.1, 0.15) is 18.9 Å². The van der Waals surface area contributed by atoms with Crippen molar-refractivity contribution in [2.24, 2.45) is 0 Å². The predicted octanol–water partition coefficient (Wildman–Crippen LogP) is 1.31. The highest BCUT2D eigenvalue weighted by molar-refractivity contribution is 5.46. The maximum atomic E-state index is 4.43. The van der Waals surface area contributed by atoms with Gasteiger partial charge < -0.3 is 10.6 Å². The van der Waals surface area contributed by atoms with Crippen molar-refractivity contribution in [2.75, 3.05) is 23.7 Å². The van der Waals surface area contributed by atoms with Gasteiger partial charge in [0.15, 0.2) is 0 Å². The van der Waals surface area contributed by atoms with Gasteiger partial charge in [0.25, 0.3) is 0 Å². The van der Waals surface area contributed by atoms with Gasteiger partial charge in [-0.3, -0.25) is 4.68 Å². The van der Waals surface area contributed by atoms with Crippen LogP contribution in [0, 0.1) is 6.92 Å². The van der Waals surface area contributed by atoms with E-state index in [4.69, 9.17) is 0 Å². The van der Waals surface area contributed by atoms with Crippen LogP contribution in [0.4, 0.5) is 11.8 Å². The lowest BCUT2D eigenvalue weighted by Crippen LogP contribution is -2.11. The van der Waals surface area contributed by atoms with Crippen molar-refractivity contribution in [1.82, 2.24) is 25.0 Å². The van der Waals surface area contributed by atoms with Gasteiger partial charge in [-0.05, 0) is 20.3 Å². The van der Waals surface area contributed by atoms with Crippen molar-refractivity contribution in [1.29, 1.82) is 0 Å². The molecule has 2 N–H and O–H groups in total. The molecule has 0 aliphatic carbocycles. The fraction of sp³-hybridized carbons (Fsp3) is 0.500. The topological polar surface area (TPSA) is 80.5 Å². The van der Waals surface area contributed by atoms with Crippen LogP contribution in [0.15, 0.2) is 18.6 Å². The van der Waals surface area contributed by atoms with Gasteiger partial charge >= 0.3 is 0 Å². The molecule has 0 aliphatic rings. The summed E-state index contributed by atoms with van der Waals surface area (Å²) in [7, 11) is 0. The molecule has 0 radical (unpaired) electrons. The molecular weight excluding hydrogens is 242 g/mol. The maximum absolute atomic E-state index is 4.43. The molecule has 0 fully saturated rings. The molecule has 2 heterocycles. The van der Waals surface area contributed by atoms with Crippen LogP contribution in [0.25, 0.3) is 0 Å². The van der Waals surface area contributed by atoms with Crippen molar-refractivity contribution < 1.29 is 0 Å². The normalized spacial score (nSPS) is 10.4. The molecule has 0 saturated heterocycles. The monoisotopic (exact) mass is 261 g/mol. The zero-order chi connectivity index (χ0) is 13.5. The smallest absolute Gasteiger partial charge is 0.224 e. The Bertz CT molecular complexity index is 495. The first-order chi connectivity index (χ1) is 9.29. The third-order valence-corrected chi connectivity index (χ3v) is 2.63. The molecule has 2 rings (SSSR count). The summed E-state index contributed by atoms with van der Waals surface area (Å²) < 4.78 is 1.82. The second-order valence-corrected chi connectivity index (χ2v) is 4.20. The highest BCUT2D eigenvalue weighted by atomic mass is 15.4. The highest BCUT2D eigenvalue weighted by Crippen LogP contribution is 2.12. The average Bonchev–Trinajstić information content (AvgIpc) is 2.91. The first kappa shape index (κ1) is 13.3. The maximum Gasteiger partial charge on any atom is 0.224 e. The summed E-state index contributed by atoms with van der Waals surface area (Å²) in [6, 6.07) is 0. The molecular formula is C12H19N7. The minimum atomic E-state index is 0.659. The molecule has 0 bridgehead atoms. The van der Waals surface area contributed by atoms with E-state index < -0.39 is 0 Å². The Morgan fingerprint density at radius 3 is 2.95 bits per heavy atom. The van der Waals surface area contributed by atoms with E-state index in [2.05, 4.69) is 30.9 Å². The number of nitrogens with one attached hydrogen (secondary N) is 2. The molecule has 0 atom stereocenters.